The number of rotatable bonds is 5. The van der Waals surface area contributed by atoms with Crippen LogP contribution in [-0.4, -0.2) is 35.8 Å². The van der Waals surface area contributed by atoms with Crippen molar-refractivity contribution in [1.82, 2.24) is 15.5 Å². The summed E-state index contributed by atoms with van der Waals surface area (Å²) in [5.74, 6) is 1.83. The zero-order chi connectivity index (χ0) is 22.8. The molecule has 0 aromatic heterocycles. The van der Waals surface area contributed by atoms with Crippen molar-refractivity contribution < 1.29 is 14.4 Å². The van der Waals surface area contributed by atoms with E-state index in [1.807, 2.05) is 42.5 Å². The summed E-state index contributed by atoms with van der Waals surface area (Å²) in [5.41, 5.74) is -0.237. The van der Waals surface area contributed by atoms with Gasteiger partial charge in [-0.25, -0.2) is 4.79 Å². The molecular weight excluding hydrogens is 414 g/mol. The van der Waals surface area contributed by atoms with Gasteiger partial charge in [-0.15, -0.1) is 0 Å². The van der Waals surface area contributed by atoms with Crippen molar-refractivity contribution in [3.8, 4) is 0 Å². The van der Waals surface area contributed by atoms with Crippen molar-refractivity contribution in [2.45, 2.75) is 51.0 Å². The highest BCUT2D eigenvalue weighted by Gasteiger charge is 2.52. The number of carbonyl (C=O) groups excluding carboxylic acids is 3. The predicted molar refractivity (Wildman–Crippen MR) is 125 cm³/mol. The lowest BCUT2D eigenvalue weighted by Crippen LogP contribution is -2.52. The van der Waals surface area contributed by atoms with E-state index in [-0.39, 0.29) is 23.8 Å². The number of benzene rings is 2. The lowest BCUT2D eigenvalue weighted by molar-refractivity contribution is -0.135. The summed E-state index contributed by atoms with van der Waals surface area (Å²) < 4.78 is 0. The maximum atomic E-state index is 13.3. The van der Waals surface area contributed by atoms with E-state index in [1.165, 1.54) is 38.5 Å². The Bertz CT molecular complexity index is 1120. The minimum absolute atomic E-state index is 0.224. The number of urea groups is 1. The average Bonchev–Trinajstić information content (AvgIpc) is 3.00. The Morgan fingerprint density at radius 2 is 1.64 bits per heavy atom. The first-order valence-corrected chi connectivity index (χ1v) is 12.2. The molecule has 5 aliphatic rings. The first-order valence-electron chi connectivity index (χ1n) is 12.2. The molecule has 0 radical (unpaired) electrons. The fourth-order valence-corrected chi connectivity index (χ4v) is 7.53. The minimum Gasteiger partial charge on any atom is -0.354 e. The standard InChI is InChI=1S/C27H31N3O3/c1-26(22-7-6-20-4-2-3-5-21(20)11-22)24(32)30(25(33)29-26)15-23(31)28-16-27-12-17-8-18(13-27)10-19(9-17)14-27/h2-7,11,17-19H,8-10,12-16H2,1H3,(H,28,31)(H,29,33). The Labute approximate surface area is 194 Å². The van der Waals surface area contributed by atoms with E-state index in [0.29, 0.717) is 6.54 Å². The smallest absolute Gasteiger partial charge is 0.325 e. The van der Waals surface area contributed by atoms with Crippen LogP contribution in [0.3, 0.4) is 0 Å². The highest BCUT2D eigenvalue weighted by atomic mass is 16.2. The van der Waals surface area contributed by atoms with E-state index in [1.54, 1.807) is 6.92 Å². The summed E-state index contributed by atoms with van der Waals surface area (Å²) in [6.45, 7) is 2.14. The van der Waals surface area contributed by atoms with Crippen LogP contribution in [0.4, 0.5) is 4.79 Å². The van der Waals surface area contributed by atoms with E-state index in [2.05, 4.69) is 10.6 Å². The van der Waals surface area contributed by atoms with Crippen LogP contribution in [0.5, 0.6) is 0 Å². The van der Waals surface area contributed by atoms with Crippen LogP contribution in [0, 0.1) is 23.2 Å². The number of hydrogen-bond donors (Lipinski definition) is 2. The topological polar surface area (TPSA) is 78.5 Å². The summed E-state index contributed by atoms with van der Waals surface area (Å²) in [6.07, 6.45) is 7.72. The Morgan fingerprint density at radius 3 is 2.30 bits per heavy atom. The molecule has 2 aromatic carbocycles. The van der Waals surface area contributed by atoms with Gasteiger partial charge >= 0.3 is 6.03 Å². The van der Waals surface area contributed by atoms with Gasteiger partial charge < -0.3 is 10.6 Å². The van der Waals surface area contributed by atoms with Gasteiger partial charge in [0.05, 0.1) is 0 Å². The number of fused-ring (bicyclic) bond motifs is 1. The molecule has 1 saturated heterocycles. The van der Waals surface area contributed by atoms with Crippen molar-refractivity contribution in [2.75, 3.05) is 13.1 Å². The normalized spacial score (nSPS) is 34.7. The zero-order valence-corrected chi connectivity index (χ0v) is 19.1. The minimum atomic E-state index is -1.18. The highest BCUT2D eigenvalue weighted by Crippen LogP contribution is 2.59. The SMILES string of the molecule is CC1(c2ccc3ccccc3c2)NC(=O)N(CC(=O)NCC23CC4CC(CC(C4)C2)C3)C1=O. The van der Waals surface area contributed by atoms with Crippen molar-refractivity contribution >= 4 is 28.6 Å². The molecule has 6 heteroatoms. The lowest BCUT2D eigenvalue weighted by atomic mass is 9.49. The third-order valence-corrected chi connectivity index (χ3v) is 8.73. The number of hydrogen-bond acceptors (Lipinski definition) is 3. The maximum Gasteiger partial charge on any atom is 0.325 e. The van der Waals surface area contributed by atoms with Crippen LogP contribution in [-0.2, 0) is 15.1 Å². The molecule has 33 heavy (non-hydrogen) atoms. The summed E-state index contributed by atoms with van der Waals surface area (Å²) in [5, 5.41) is 7.99. The van der Waals surface area contributed by atoms with Gasteiger partial charge in [-0.05, 0) is 91.0 Å². The largest absolute Gasteiger partial charge is 0.354 e. The molecule has 4 aliphatic carbocycles. The van der Waals surface area contributed by atoms with Crippen LogP contribution in [0.25, 0.3) is 10.8 Å². The summed E-state index contributed by atoms with van der Waals surface area (Å²) in [6, 6.07) is 13.2. The molecule has 1 aliphatic heterocycles. The lowest BCUT2D eigenvalue weighted by Gasteiger charge is -2.56. The molecule has 1 unspecified atom stereocenters. The van der Waals surface area contributed by atoms with Crippen molar-refractivity contribution in [2.24, 2.45) is 23.2 Å². The van der Waals surface area contributed by atoms with Crippen molar-refractivity contribution in [3.05, 3.63) is 48.0 Å². The number of nitrogens with one attached hydrogen (secondary N) is 2. The number of carbonyl (C=O) groups is 3. The van der Waals surface area contributed by atoms with Gasteiger partial charge in [-0.1, -0.05) is 36.4 Å². The Balaban J connectivity index is 1.14. The molecule has 6 nitrogen and oxygen atoms in total. The highest BCUT2D eigenvalue weighted by molar-refractivity contribution is 6.09. The summed E-state index contributed by atoms with van der Waals surface area (Å²) in [4.78, 5) is 39.9. The fourth-order valence-electron chi connectivity index (χ4n) is 7.53. The molecule has 1 atom stereocenters. The number of amides is 4. The van der Waals surface area contributed by atoms with Crippen LogP contribution in [0.1, 0.15) is 51.0 Å². The van der Waals surface area contributed by atoms with Gasteiger partial charge in [-0.2, -0.15) is 0 Å². The molecule has 172 valence electrons. The molecule has 7 rings (SSSR count). The molecule has 4 bridgehead atoms. The second-order valence-corrected chi connectivity index (χ2v) is 11.2. The first kappa shape index (κ1) is 20.7. The molecule has 4 amide bonds. The van der Waals surface area contributed by atoms with E-state index in [0.717, 1.165) is 39.0 Å². The Kier molecular flexibility index (Phi) is 4.58. The molecule has 2 aromatic rings. The van der Waals surface area contributed by atoms with Crippen molar-refractivity contribution in [1.29, 1.82) is 0 Å². The second kappa shape index (κ2) is 7.31. The van der Waals surface area contributed by atoms with E-state index < -0.39 is 11.6 Å². The van der Waals surface area contributed by atoms with Crippen LogP contribution in [0.2, 0.25) is 0 Å². The van der Waals surface area contributed by atoms with Gasteiger partial charge in [0, 0.05) is 6.54 Å². The average molecular weight is 446 g/mol. The third kappa shape index (κ3) is 3.42. The maximum absolute atomic E-state index is 13.3. The van der Waals surface area contributed by atoms with Gasteiger partial charge in [0.1, 0.15) is 12.1 Å². The summed E-state index contributed by atoms with van der Waals surface area (Å²) >= 11 is 0. The molecule has 0 spiro atoms. The third-order valence-electron chi connectivity index (χ3n) is 8.73. The van der Waals surface area contributed by atoms with E-state index >= 15 is 0 Å². The van der Waals surface area contributed by atoms with Crippen LogP contribution in [0.15, 0.2) is 42.5 Å². The summed E-state index contributed by atoms with van der Waals surface area (Å²) in [7, 11) is 0. The van der Waals surface area contributed by atoms with Gasteiger partial charge in [0.15, 0.2) is 0 Å². The Morgan fingerprint density at radius 1 is 1.00 bits per heavy atom. The predicted octanol–water partition coefficient (Wildman–Crippen LogP) is 3.94. The van der Waals surface area contributed by atoms with Gasteiger partial charge in [-0.3, -0.25) is 14.5 Å². The van der Waals surface area contributed by atoms with Crippen LogP contribution < -0.4 is 10.6 Å². The van der Waals surface area contributed by atoms with Crippen molar-refractivity contribution in [3.63, 3.8) is 0 Å². The monoisotopic (exact) mass is 445 g/mol. The number of nitrogens with zero attached hydrogens (tertiary/aromatic N) is 1. The Hall–Kier alpha value is -2.89. The molecule has 2 N–H and O–H groups in total. The van der Waals surface area contributed by atoms with E-state index in [9.17, 15) is 14.4 Å². The molecule has 4 saturated carbocycles. The molecule has 5 fully saturated rings. The quantitative estimate of drug-likeness (QED) is 0.685. The molecule has 1 heterocycles. The zero-order valence-electron chi connectivity index (χ0n) is 19.1. The number of imide groups is 1. The fraction of sp³-hybridized carbons (Fsp3) is 0.519. The first-order chi connectivity index (χ1) is 15.8. The van der Waals surface area contributed by atoms with Gasteiger partial charge in [0.25, 0.3) is 5.91 Å². The van der Waals surface area contributed by atoms with E-state index in [4.69, 9.17) is 0 Å². The second-order valence-electron chi connectivity index (χ2n) is 11.2. The van der Waals surface area contributed by atoms with Gasteiger partial charge in [0.2, 0.25) is 5.91 Å². The molecular formula is C27H31N3O3. The van der Waals surface area contributed by atoms with Crippen LogP contribution >= 0.6 is 0 Å².